The molecule has 0 unspecified atom stereocenters. The van der Waals surface area contributed by atoms with Gasteiger partial charge in [0.15, 0.2) is 0 Å². The number of carbonyl (C=O) groups excluding carboxylic acids is 1. The van der Waals surface area contributed by atoms with E-state index in [1.807, 2.05) is 32.3 Å². The first kappa shape index (κ1) is 12.5. The fraction of sp³-hybridized carbons (Fsp3) is 0.286. The monoisotopic (exact) mass is 271 g/mol. The van der Waals surface area contributed by atoms with Crippen LogP contribution < -0.4 is 16.4 Å². The van der Waals surface area contributed by atoms with Crippen LogP contribution in [0.15, 0.2) is 18.3 Å². The number of aromatic nitrogens is 2. The molecule has 2 aromatic rings. The maximum atomic E-state index is 11.4. The Morgan fingerprint density at radius 1 is 1.50 bits per heavy atom. The molecule has 1 aliphatic heterocycles. The molecule has 2 heterocycles. The molecule has 20 heavy (non-hydrogen) atoms. The highest BCUT2D eigenvalue weighted by Crippen LogP contribution is 2.31. The quantitative estimate of drug-likeness (QED) is 0.737. The molecule has 0 aliphatic carbocycles. The normalized spacial score (nSPS) is 13.2. The standard InChI is InChI=1S/C14H17N5O/c1-8-10(7-19(2)18-8)6-16-13-5-12-9(3-11(13)15)4-14(20)17-12/h3,5,7,16H,4,6,15H2,1-2H3,(H,17,20). The number of rotatable bonds is 3. The Balaban J connectivity index is 1.80. The second-order valence-electron chi connectivity index (χ2n) is 5.09. The number of aryl methyl sites for hydroxylation is 2. The van der Waals surface area contributed by atoms with Crippen molar-refractivity contribution >= 4 is 23.0 Å². The molecule has 0 spiro atoms. The SMILES string of the molecule is Cc1nn(C)cc1CNc1cc2c(cc1N)CC(=O)N2. The van der Waals surface area contributed by atoms with Crippen molar-refractivity contribution in [2.45, 2.75) is 19.9 Å². The van der Waals surface area contributed by atoms with Crippen molar-refractivity contribution < 1.29 is 4.79 Å². The van der Waals surface area contributed by atoms with Gasteiger partial charge >= 0.3 is 0 Å². The van der Waals surface area contributed by atoms with Crippen molar-refractivity contribution in [3.8, 4) is 0 Å². The summed E-state index contributed by atoms with van der Waals surface area (Å²) in [5.74, 6) is 0.0136. The van der Waals surface area contributed by atoms with Crippen LogP contribution in [0.25, 0.3) is 0 Å². The summed E-state index contributed by atoms with van der Waals surface area (Å²) < 4.78 is 1.79. The molecule has 6 nitrogen and oxygen atoms in total. The van der Waals surface area contributed by atoms with Gasteiger partial charge in [-0.1, -0.05) is 0 Å². The van der Waals surface area contributed by atoms with E-state index in [-0.39, 0.29) is 5.91 Å². The summed E-state index contributed by atoms with van der Waals surface area (Å²) >= 11 is 0. The number of carbonyl (C=O) groups is 1. The van der Waals surface area contributed by atoms with Gasteiger partial charge in [-0.05, 0) is 24.6 Å². The van der Waals surface area contributed by atoms with Gasteiger partial charge in [0.1, 0.15) is 0 Å². The molecule has 104 valence electrons. The van der Waals surface area contributed by atoms with Crippen molar-refractivity contribution in [1.82, 2.24) is 9.78 Å². The number of nitrogen functional groups attached to an aromatic ring is 1. The number of fused-ring (bicyclic) bond motifs is 1. The molecule has 1 aliphatic rings. The first-order valence-electron chi connectivity index (χ1n) is 6.48. The smallest absolute Gasteiger partial charge is 0.228 e. The Hall–Kier alpha value is -2.50. The Kier molecular flexibility index (Phi) is 2.85. The van der Waals surface area contributed by atoms with Gasteiger partial charge in [-0.15, -0.1) is 0 Å². The highest BCUT2D eigenvalue weighted by atomic mass is 16.1. The summed E-state index contributed by atoms with van der Waals surface area (Å²) in [5.41, 5.74) is 11.4. The molecule has 0 bridgehead atoms. The molecule has 1 aromatic heterocycles. The summed E-state index contributed by atoms with van der Waals surface area (Å²) in [6.45, 7) is 2.62. The fourth-order valence-corrected chi connectivity index (χ4v) is 2.46. The van der Waals surface area contributed by atoms with Gasteiger partial charge in [0.05, 0.1) is 23.5 Å². The van der Waals surface area contributed by atoms with Gasteiger partial charge in [-0.2, -0.15) is 5.10 Å². The largest absolute Gasteiger partial charge is 0.397 e. The maximum Gasteiger partial charge on any atom is 0.228 e. The van der Waals surface area contributed by atoms with Crippen LogP contribution in [0.2, 0.25) is 0 Å². The number of amides is 1. The summed E-state index contributed by atoms with van der Waals surface area (Å²) in [5, 5.41) is 10.4. The lowest BCUT2D eigenvalue weighted by Crippen LogP contribution is -2.04. The molecule has 0 radical (unpaired) electrons. The van der Waals surface area contributed by atoms with Crippen LogP contribution in [0.4, 0.5) is 17.1 Å². The average Bonchev–Trinajstić information content (AvgIpc) is 2.87. The van der Waals surface area contributed by atoms with E-state index in [9.17, 15) is 4.79 Å². The number of hydrogen-bond donors (Lipinski definition) is 3. The molecule has 0 fully saturated rings. The van der Waals surface area contributed by atoms with E-state index >= 15 is 0 Å². The Labute approximate surface area is 117 Å². The van der Waals surface area contributed by atoms with Crippen molar-refractivity contribution in [3.05, 3.63) is 35.2 Å². The molecule has 0 atom stereocenters. The van der Waals surface area contributed by atoms with E-state index in [1.54, 1.807) is 4.68 Å². The number of benzene rings is 1. The van der Waals surface area contributed by atoms with Gasteiger partial charge < -0.3 is 16.4 Å². The minimum Gasteiger partial charge on any atom is -0.397 e. The van der Waals surface area contributed by atoms with E-state index in [4.69, 9.17) is 5.73 Å². The maximum absolute atomic E-state index is 11.4. The second-order valence-corrected chi connectivity index (χ2v) is 5.09. The summed E-state index contributed by atoms with van der Waals surface area (Å²) in [6, 6.07) is 3.74. The third-order valence-electron chi connectivity index (χ3n) is 3.48. The molecular formula is C14H17N5O. The molecule has 3 rings (SSSR count). The topological polar surface area (TPSA) is 85.0 Å². The Morgan fingerprint density at radius 3 is 3.00 bits per heavy atom. The van der Waals surface area contributed by atoms with Gasteiger partial charge in [-0.3, -0.25) is 9.48 Å². The molecular weight excluding hydrogens is 254 g/mol. The summed E-state index contributed by atoms with van der Waals surface area (Å²) in [7, 11) is 1.90. The zero-order valence-corrected chi connectivity index (χ0v) is 11.5. The zero-order valence-electron chi connectivity index (χ0n) is 11.5. The van der Waals surface area contributed by atoms with Crippen LogP contribution in [-0.4, -0.2) is 15.7 Å². The third kappa shape index (κ3) is 2.20. The van der Waals surface area contributed by atoms with Crippen molar-refractivity contribution in [2.75, 3.05) is 16.4 Å². The van der Waals surface area contributed by atoms with E-state index in [2.05, 4.69) is 15.7 Å². The first-order valence-corrected chi connectivity index (χ1v) is 6.48. The van der Waals surface area contributed by atoms with Crippen molar-refractivity contribution in [3.63, 3.8) is 0 Å². The molecule has 0 saturated heterocycles. The van der Waals surface area contributed by atoms with E-state index < -0.39 is 0 Å². The van der Waals surface area contributed by atoms with Crippen LogP contribution >= 0.6 is 0 Å². The lowest BCUT2D eigenvalue weighted by Gasteiger charge is -2.11. The van der Waals surface area contributed by atoms with E-state index in [0.717, 1.165) is 28.2 Å². The van der Waals surface area contributed by atoms with E-state index in [1.165, 1.54) is 0 Å². The lowest BCUT2D eigenvalue weighted by atomic mass is 10.1. The summed E-state index contributed by atoms with van der Waals surface area (Å²) in [4.78, 5) is 11.4. The Morgan fingerprint density at radius 2 is 2.30 bits per heavy atom. The zero-order chi connectivity index (χ0) is 14.3. The molecule has 1 aromatic carbocycles. The van der Waals surface area contributed by atoms with Gasteiger partial charge in [0, 0.05) is 31.0 Å². The fourth-order valence-electron chi connectivity index (χ4n) is 2.46. The number of nitrogens with one attached hydrogen (secondary N) is 2. The number of anilines is 3. The molecule has 6 heteroatoms. The molecule has 4 N–H and O–H groups in total. The predicted octanol–water partition coefficient (Wildman–Crippen LogP) is 1.42. The van der Waals surface area contributed by atoms with E-state index in [0.29, 0.717) is 18.7 Å². The van der Waals surface area contributed by atoms with Crippen LogP contribution in [0.1, 0.15) is 16.8 Å². The highest BCUT2D eigenvalue weighted by Gasteiger charge is 2.19. The molecule has 1 amide bonds. The van der Waals surface area contributed by atoms with Gasteiger partial charge in [0.25, 0.3) is 0 Å². The number of hydrogen-bond acceptors (Lipinski definition) is 4. The highest BCUT2D eigenvalue weighted by molar-refractivity contribution is 6.00. The first-order chi connectivity index (χ1) is 9.52. The van der Waals surface area contributed by atoms with Crippen molar-refractivity contribution in [1.29, 1.82) is 0 Å². The predicted molar refractivity (Wildman–Crippen MR) is 78.5 cm³/mol. The molecule has 0 saturated carbocycles. The number of nitrogens with zero attached hydrogens (tertiary/aromatic N) is 2. The van der Waals surface area contributed by atoms with Crippen LogP contribution in [-0.2, 0) is 24.8 Å². The third-order valence-corrected chi connectivity index (χ3v) is 3.48. The second kappa shape index (κ2) is 4.56. The summed E-state index contributed by atoms with van der Waals surface area (Å²) in [6.07, 6.45) is 2.38. The Bertz CT molecular complexity index is 689. The van der Waals surface area contributed by atoms with Crippen LogP contribution in [0.5, 0.6) is 0 Å². The van der Waals surface area contributed by atoms with Crippen molar-refractivity contribution in [2.24, 2.45) is 7.05 Å². The van der Waals surface area contributed by atoms with Gasteiger partial charge in [0.2, 0.25) is 5.91 Å². The minimum absolute atomic E-state index is 0.0136. The average molecular weight is 271 g/mol. The van der Waals surface area contributed by atoms with Crippen LogP contribution in [0, 0.1) is 6.92 Å². The van der Waals surface area contributed by atoms with Gasteiger partial charge in [-0.25, -0.2) is 0 Å². The number of nitrogens with two attached hydrogens (primary N) is 1. The lowest BCUT2D eigenvalue weighted by molar-refractivity contribution is -0.115. The minimum atomic E-state index is 0.0136. The van der Waals surface area contributed by atoms with Crippen LogP contribution in [0.3, 0.4) is 0 Å².